The quantitative estimate of drug-likeness (QED) is 0.562. The Morgan fingerprint density at radius 2 is 1.64 bits per heavy atom. The molecule has 8 nitrogen and oxygen atoms in total. The van der Waals surface area contributed by atoms with Gasteiger partial charge in [0.15, 0.2) is 0 Å². The lowest BCUT2D eigenvalue weighted by molar-refractivity contribution is -0.147. The van der Waals surface area contributed by atoms with Crippen molar-refractivity contribution in [2.24, 2.45) is 11.5 Å². The maximum atomic E-state index is 12.7. The second-order valence-corrected chi connectivity index (χ2v) is 6.05. The fourth-order valence-electron chi connectivity index (χ4n) is 3.20. The SMILES string of the molecule is CC(O)[C@H](N)C(=O)N1CCCC1C(=O)N1CCCC1C(N)=O. The van der Waals surface area contributed by atoms with Crippen molar-refractivity contribution in [3.8, 4) is 0 Å². The van der Waals surface area contributed by atoms with E-state index in [4.69, 9.17) is 11.5 Å². The molecule has 2 rings (SSSR count). The minimum atomic E-state index is -1.04. The molecule has 124 valence electrons. The molecule has 2 saturated heterocycles. The first-order chi connectivity index (χ1) is 10.3. The zero-order valence-electron chi connectivity index (χ0n) is 12.8. The van der Waals surface area contributed by atoms with Crippen LogP contribution in [0.4, 0.5) is 0 Å². The van der Waals surface area contributed by atoms with Crippen LogP contribution in [-0.2, 0) is 14.4 Å². The van der Waals surface area contributed by atoms with E-state index in [1.807, 2.05) is 0 Å². The summed E-state index contributed by atoms with van der Waals surface area (Å²) in [6.45, 7) is 2.36. The Bertz CT molecular complexity index is 468. The van der Waals surface area contributed by atoms with E-state index in [1.165, 1.54) is 16.7 Å². The summed E-state index contributed by atoms with van der Waals surface area (Å²) in [4.78, 5) is 39.3. The highest BCUT2D eigenvalue weighted by atomic mass is 16.3. The molecule has 0 spiro atoms. The fourth-order valence-corrected chi connectivity index (χ4v) is 3.20. The summed E-state index contributed by atoms with van der Waals surface area (Å²) in [5, 5.41) is 9.47. The van der Waals surface area contributed by atoms with Crippen LogP contribution in [0, 0.1) is 0 Å². The molecule has 22 heavy (non-hydrogen) atoms. The van der Waals surface area contributed by atoms with Gasteiger partial charge in [0.1, 0.15) is 18.1 Å². The maximum Gasteiger partial charge on any atom is 0.246 e. The molecule has 0 aromatic heterocycles. The molecule has 0 aromatic rings. The number of likely N-dealkylation sites (tertiary alicyclic amines) is 2. The molecule has 3 unspecified atom stereocenters. The highest BCUT2D eigenvalue weighted by Crippen LogP contribution is 2.25. The Kier molecular flexibility index (Phi) is 5.02. The monoisotopic (exact) mass is 312 g/mol. The number of hydrogen-bond acceptors (Lipinski definition) is 5. The van der Waals surface area contributed by atoms with Gasteiger partial charge in [0.05, 0.1) is 6.10 Å². The van der Waals surface area contributed by atoms with E-state index in [-0.39, 0.29) is 5.91 Å². The van der Waals surface area contributed by atoms with E-state index in [0.717, 1.165) is 6.42 Å². The van der Waals surface area contributed by atoms with Crippen molar-refractivity contribution in [1.82, 2.24) is 9.80 Å². The summed E-state index contributed by atoms with van der Waals surface area (Å²) >= 11 is 0. The summed E-state index contributed by atoms with van der Waals surface area (Å²) in [5.41, 5.74) is 11.0. The minimum Gasteiger partial charge on any atom is -0.391 e. The highest BCUT2D eigenvalue weighted by molar-refractivity contribution is 5.93. The number of aliphatic hydroxyl groups is 1. The summed E-state index contributed by atoms with van der Waals surface area (Å²) < 4.78 is 0. The smallest absolute Gasteiger partial charge is 0.246 e. The van der Waals surface area contributed by atoms with Gasteiger partial charge in [-0.25, -0.2) is 0 Å². The van der Waals surface area contributed by atoms with Crippen LogP contribution in [0.2, 0.25) is 0 Å². The van der Waals surface area contributed by atoms with Gasteiger partial charge < -0.3 is 26.4 Å². The molecule has 0 bridgehead atoms. The third kappa shape index (κ3) is 3.07. The largest absolute Gasteiger partial charge is 0.391 e. The van der Waals surface area contributed by atoms with Crippen LogP contribution in [0.15, 0.2) is 0 Å². The Morgan fingerprint density at radius 3 is 2.18 bits per heavy atom. The fraction of sp³-hybridized carbons (Fsp3) is 0.786. The third-order valence-electron chi connectivity index (χ3n) is 4.49. The second kappa shape index (κ2) is 6.62. The minimum absolute atomic E-state index is 0.245. The van der Waals surface area contributed by atoms with Gasteiger partial charge >= 0.3 is 0 Å². The molecule has 8 heteroatoms. The van der Waals surface area contributed by atoms with Gasteiger partial charge in [-0.05, 0) is 32.6 Å². The van der Waals surface area contributed by atoms with Gasteiger partial charge in [-0.3, -0.25) is 14.4 Å². The van der Waals surface area contributed by atoms with Gasteiger partial charge in [-0.15, -0.1) is 0 Å². The molecule has 0 saturated carbocycles. The third-order valence-corrected chi connectivity index (χ3v) is 4.49. The Hall–Kier alpha value is -1.67. The molecule has 0 aliphatic carbocycles. The number of amides is 3. The van der Waals surface area contributed by atoms with Crippen molar-refractivity contribution in [3.05, 3.63) is 0 Å². The molecule has 2 fully saturated rings. The van der Waals surface area contributed by atoms with E-state index in [9.17, 15) is 19.5 Å². The van der Waals surface area contributed by atoms with Crippen LogP contribution in [0.25, 0.3) is 0 Å². The number of hydrogen-bond donors (Lipinski definition) is 3. The number of primary amides is 1. The van der Waals surface area contributed by atoms with Crippen LogP contribution in [0.3, 0.4) is 0 Å². The number of nitrogens with zero attached hydrogens (tertiary/aromatic N) is 2. The average molecular weight is 312 g/mol. The molecule has 3 amide bonds. The number of rotatable bonds is 4. The summed E-state index contributed by atoms with van der Waals surface area (Å²) in [6.07, 6.45) is 1.55. The van der Waals surface area contributed by atoms with Crippen LogP contribution in [0.1, 0.15) is 32.6 Å². The topological polar surface area (TPSA) is 130 Å². The number of carbonyl (C=O) groups excluding carboxylic acids is 3. The molecule has 5 N–H and O–H groups in total. The lowest BCUT2D eigenvalue weighted by atomic mass is 10.1. The lowest BCUT2D eigenvalue weighted by Crippen LogP contribution is -2.56. The lowest BCUT2D eigenvalue weighted by Gasteiger charge is -2.32. The first-order valence-electron chi connectivity index (χ1n) is 7.68. The van der Waals surface area contributed by atoms with Crippen molar-refractivity contribution < 1.29 is 19.5 Å². The first-order valence-corrected chi connectivity index (χ1v) is 7.68. The predicted molar refractivity (Wildman–Crippen MR) is 78.3 cm³/mol. The zero-order chi connectivity index (χ0) is 16.4. The van der Waals surface area contributed by atoms with E-state index in [1.54, 1.807) is 0 Å². The van der Waals surface area contributed by atoms with E-state index < -0.39 is 36.0 Å². The second-order valence-electron chi connectivity index (χ2n) is 6.05. The van der Waals surface area contributed by atoms with E-state index >= 15 is 0 Å². The Labute approximate surface area is 129 Å². The summed E-state index contributed by atoms with van der Waals surface area (Å²) in [5.74, 6) is -1.19. The molecular formula is C14H24N4O4. The first kappa shape index (κ1) is 16.7. The van der Waals surface area contributed by atoms with Crippen LogP contribution < -0.4 is 11.5 Å². The molecule has 2 heterocycles. The number of carbonyl (C=O) groups is 3. The molecule has 2 aliphatic heterocycles. The van der Waals surface area contributed by atoms with Gasteiger partial charge in [-0.1, -0.05) is 0 Å². The Morgan fingerprint density at radius 1 is 1.09 bits per heavy atom. The van der Waals surface area contributed by atoms with Crippen molar-refractivity contribution >= 4 is 17.7 Å². The van der Waals surface area contributed by atoms with Crippen LogP contribution >= 0.6 is 0 Å². The number of aliphatic hydroxyl groups excluding tert-OH is 1. The standard InChI is InChI=1S/C14H24N4O4/c1-8(19)11(15)14(22)18-7-3-5-10(18)13(21)17-6-2-4-9(17)12(16)20/h8-11,19H,2-7,15H2,1H3,(H2,16,20)/t8?,9?,10?,11-/m0/s1. The highest BCUT2D eigenvalue weighted by Gasteiger charge is 2.42. The van der Waals surface area contributed by atoms with Crippen molar-refractivity contribution in [2.75, 3.05) is 13.1 Å². The summed E-state index contributed by atoms with van der Waals surface area (Å²) in [6, 6.07) is -2.24. The van der Waals surface area contributed by atoms with Crippen molar-refractivity contribution in [3.63, 3.8) is 0 Å². The summed E-state index contributed by atoms with van der Waals surface area (Å²) in [7, 11) is 0. The maximum absolute atomic E-state index is 12.7. The van der Waals surface area contributed by atoms with Gasteiger partial charge in [-0.2, -0.15) is 0 Å². The van der Waals surface area contributed by atoms with Crippen molar-refractivity contribution in [1.29, 1.82) is 0 Å². The normalized spacial score (nSPS) is 27.8. The van der Waals surface area contributed by atoms with E-state index in [2.05, 4.69) is 0 Å². The Balaban J connectivity index is 2.11. The van der Waals surface area contributed by atoms with E-state index in [0.29, 0.717) is 32.4 Å². The van der Waals surface area contributed by atoms with Crippen LogP contribution in [0.5, 0.6) is 0 Å². The van der Waals surface area contributed by atoms with Crippen molar-refractivity contribution in [2.45, 2.75) is 56.8 Å². The molecule has 0 aromatic carbocycles. The van der Waals surface area contributed by atoms with Gasteiger partial charge in [0, 0.05) is 13.1 Å². The predicted octanol–water partition coefficient (Wildman–Crippen LogP) is -1.84. The van der Waals surface area contributed by atoms with Gasteiger partial charge in [0.25, 0.3) is 0 Å². The van der Waals surface area contributed by atoms with Crippen LogP contribution in [-0.4, -0.2) is 69.9 Å². The number of nitrogens with two attached hydrogens (primary N) is 2. The van der Waals surface area contributed by atoms with Gasteiger partial charge in [0.2, 0.25) is 17.7 Å². The molecule has 4 atom stereocenters. The molecular weight excluding hydrogens is 288 g/mol. The zero-order valence-corrected chi connectivity index (χ0v) is 12.8. The molecule has 2 aliphatic rings. The average Bonchev–Trinajstić information content (AvgIpc) is 3.13. The molecule has 0 radical (unpaired) electrons.